The molecule has 0 bridgehead atoms. The van der Waals surface area contributed by atoms with Gasteiger partial charge in [0.1, 0.15) is 0 Å². The zero-order valence-corrected chi connectivity index (χ0v) is 11.4. The molecule has 0 saturated carbocycles. The topological polar surface area (TPSA) is 83.9 Å². The first-order valence-corrected chi connectivity index (χ1v) is 6.93. The first-order chi connectivity index (χ1) is 10.1. The molecule has 2 amide bonds. The molecular weight excluding hydrogens is 274 g/mol. The highest BCUT2D eigenvalue weighted by atomic mass is 16.5. The summed E-state index contributed by atoms with van der Waals surface area (Å²) in [6.45, 7) is 0.881. The molecular formula is C15H15NO5. The van der Waals surface area contributed by atoms with Gasteiger partial charge in [0.15, 0.2) is 0 Å². The van der Waals surface area contributed by atoms with Crippen molar-refractivity contribution in [3.8, 4) is 0 Å². The van der Waals surface area contributed by atoms with Gasteiger partial charge in [-0.2, -0.15) is 0 Å². The molecule has 110 valence electrons. The van der Waals surface area contributed by atoms with Crippen LogP contribution in [0.2, 0.25) is 0 Å². The molecule has 0 aromatic heterocycles. The molecule has 0 aliphatic carbocycles. The predicted octanol–water partition coefficient (Wildman–Crippen LogP) is 1.55. The number of nitrogens with zero attached hydrogens (tertiary/aromatic N) is 1. The minimum atomic E-state index is -1.12. The van der Waals surface area contributed by atoms with Crippen LogP contribution < -0.4 is 0 Å². The number of imide groups is 1. The molecule has 1 aromatic carbocycles. The molecule has 0 spiro atoms. The Morgan fingerprint density at radius 2 is 2.00 bits per heavy atom. The Balaban J connectivity index is 1.84. The number of amides is 2. The molecule has 1 aromatic rings. The summed E-state index contributed by atoms with van der Waals surface area (Å²) in [5.41, 5.74) is 0.433. The van der Waals surface area contributed by atoms with Crippen LogP contribution in [0.4, 0.5) is 0 Å². The van der Waals surface area contributed by atoms with E-state index in [-0.39, 0.29) is 35.2 Å². The minimum absolute atomic E-state index is 0.00525. The van der Waals surface area contributed by atoms with E-state index in [2.05, 4.69) is 0 Å². The molecule has 1 saturated heterocycles. The van der Waals surface area contributed by atoms with Crippen LogP contribution in [-0.4, -0.2) is 47.0 Å². The Hall–Kier alpha value is -2.21. The van der Waals surface area contributed by atoms with E-state index in [4.69, 9.17) is 9.84 Å². The zero-order chi connectivity index (χ0) is 15.0. The molecule has 6 nitrogen and oxygen atoms in total. The van der Waals surface area contributed by atoms with E-state index < -0.39 is 11.9 Å². The highest BCUT2D eigenvalue weighted by Crippen LogP contribution is 2.26. The Morgan fingerprint density at radius 3 is 2.67 bits per heavy atom. The molecule has 21 heavy (non-hydrogen) atoms. The van der Waals surface area contributed by atoms with Crippen LogP contribution in [0.1, 0.15) is 50.3 Å². The lowest BCUT2D eigenvalue weighted by Crippen LogP contribution is -2.39. The number of hydrogen-bond acceptors (Lipinski definition) is 4. The Labute approximate surface area is 121 Å². The Bertz CT molecular complexity index is 618. The maximum atomic E-state index is 12.3. The Morgan fingerprint density at radius 1 is 1.24 bits per heavy atom. The van der Waals surface area contributed by atoms with Gasteiger partial charge >= 0.3 is 5.97 Å². The molecule has 1 atom stereocenters. The molecule has 1 fully saturated rings. The smallest absolute Gasteiger partial charge is 0.335 e. The van der Waals surface area contributed by atoms with Crippen LogP contribution >= 0.6 is 0 Å². The summed E-state index contributed by atoms with van der Waals surface area (Å²) < 4.78 is 5.56. The summed E-state index contributed by atoms with van der Waals surface area (Å²) in [4.78, 5) is 36.7. The highest BCUT2D eigenvalue weighted by Gasteiger charge is 2.37. The van der Waals surface area contributed by atoms with Gasteiger partial charge in [0, 0.05) is 6.61 Å². The van der Waals surface area contributed by atoms with Crippen LogP contribution in [0, 0.1) is 0 Å². The number of ether oxygens (including phenoxy) is 1. The van der Waals surface area contributed by atoms with Gasteiger partial charge in [0.2, 0.25) is 0 Å². The van der Waals surface area contributed by atoms with Crippen LogP contribution in [-0.2, 0) is 4.74 Å². The van der Waals surface area contributed by atoms with Crippen molar-refractivity contribution >= 4 is 17.8 Å². The van der Waals surface area contributed by atoms with Crippen molar-refractivity contribution in [3.05, 3.63) is 34.9 Å². The lowest BCUT2D eigenvalue weighted by Gasteiger charge is -2.26. The van der Waals surface area contributed by atoms with Gasteiger partial charge < -0.3 is 9.84 Å². The average Bonchev–Trinajstić information content (AvgIpc) is 2.73. The number of carboxylic acids is 1. The van der Waals surface area contributed by atoms with E-state index in [1.807, 2.05) is 0 Å². The first-order valence-electron chi connectivity index (χ1n) is 6.93. The van der Waals surface area contributed by atoms with Crippen LogP contribution in [0.15, 0.2) is 18.2 Å². The van der Waals surface area contributed by atoms with Gasteiger partial charge in [-0.05, 0) is 37.5 Å². The normalized spacial score (nSPS) is 21.5. The summed E-state index contributed by atoms with van der Waals surface area (Å²) in [5, 5.41) is 8.97. The van der Waals surface area contributed by atoms with Crippen molar-refractivity contribution in [1.82, 2.24) is 4.90 Å². The van der Waals surface area contributed by atoms with E-state index >= 15 is 0 Å². The number of fused-ring (bicyclic) bond motifs is 1. The molecule has 1 unspecified atom stereocenters. The first kappa shape index (κ1) is 13.8. The van der Waals surface area contributed by atoms with E-state index in [1.54, 1.807) is 0 Å². The lowest BCUT2D eigenvalue weighted by atomic mass is 10.1. The molecule has 2 aliphatic rings. The number of carbonyl (C=O) groups excluding carboxylic acids is 2. The Kier molecular flexibility index (Phi) is 3.47. The van der Waals surface area contributed by atoms with E-state index in [0.717, 1.165) is 24.2 Å². The maximum absolute atomic E-state index is 12.3. The fraction of sp³-hybridized carbons (Fsp3) is 0.400. The van der Waals surface area contributed by atoms with Gasteiger partial charge in [0.25, 0.3) is 11.8 Å². The third kappa shape index (κ3) is 2.42. The third-order valence-corrected chi connectivity index (χ3v) is 3.88. The summed E-state index contributed by atoms with van der Waals surface area (Å²) in [7, 11) is 0. The minimum Gasteiger partial charge on any atom is -0.478 e. The number of carbonyl (C=O) groups is 3. The second-order valence-corrected chi connectivity index (χ2v) is 5.28. The number of benzene rings is 1. The van der Waals surface area contributed by atoms with Crippen molar-refractivity contribution < 1.29 is 24.2 Å². The molecule has 1 N–H and O–H groups in total. The number of rotatable bonds is 3. The number of hydrogen-bond donors (Lipinski definition) is 1. The fourth-order valence-corrected chi connectivity index (χ4v) is 2.74. The van der Waals surface area contributed by atoms with Gasteiger partial charge in [0.05, 0.1) is 29.3 Å². The van der Waals surface area contributed by atoms with E-state index in [1.165, 1.54) is 18.2 Å². The van der Waals surface area contributed by atoms with E-state index in [9.17, 15) is 14.4 Å². The standard InChI is InChI=1S/C15H15NO5/c17-13-11-5-4-9(15(19)20)7-12(11)14(18)16(13)8-10-3-1-2-6-21-10/h4-5,7,10H,1-3,6,8H2,(H,19,20). The van der Waals surface area contributed by atoms with Crippen molar-refractivity contribution in [2.75, 3.05) is 13.2 Å². The zero-order valence-electron chi connectivity index (χ0n) is 11.4. The second kappa shape index (κ2) is 5.29. The quantitative estimate of drug-likeness (QED) is 0.853. The maximum Gasteiger partial charge on any atom is 0.335 e. The van der Waals surface area contributed by atoms with Gasteiger partial charge in [-0.1, -0.05) is 0 Å². The molecule has 2 heterocycles. The lowest BCUT2D eigenvalue weighted by molar-refractivity contribution is -0.00111. The largest absolute Gasteiger partial charge is 0.478 e. The van der Waals surface area contributed by atoms with Crippen LogP contribution in [0.5, 0.6) is 0 Å². The predicted molar refractivity (Wildman–Crippen MR) is 72.4 cm³/mol. The monoisotopic (exact) mass is 289 g/mol. The SMILES string of the molecule is O=C(O)c1ccc2c(c1)C(=O)N(CC1CCCCO1)C2=O. The van der Waals surface area contributed by atoms with Crippen LogP contribution in [0.3, 0.4) is 0 Å². The van der Waals surface area contributed by atoms with Gasteiger partial charge in [-0.15, -0.1) is 0 Å². The summed E-state index contributed by atoms with van der Waals surface area (Å²) in [6, 6.07) is 4.01. The second-order valence-electron chi connectivity index (χ2n) is 5.28. The third-order valence-electron chi connectivity index (χ3n) is 3.88. The highest BCUT2D eigenvalue weighted by molar-refractivity contribution is 6.21. The van der Waals surface area contributed by atoms with Crippen molar-refractivity contribution in [3.63, 3.8) is 0 Å². The number of carboxylic acid groups (broad SMARTS) is 1. The van der Waals surface area contributed by atoms with Crippen molar-refractivity contribution in [2.45, 2.75) is 25.4 Å². The van der Waals surface area contributed by atoms with Gasteiger partial charge in [-0.25, -0.2) is 4.79 Å². The average molecular weight is 289 g/mol. The number of aromatic carboxylic acids is 1. The summed E-state index contributed by atoms with van der Waals surface area (Å²) in [5.74, 6) is -1.93. The van der Waals surface area contributed by atoms with Crippen molar-refractivity contribution in [2.24, 2.45) is 0 Å². The van der Waals surface area contributed by atoms with Crippen molar-refractivity contribution in [1.29, 1.82) is 0 Å². The summed E-state index contributed by atoms with van der Waals surface area (Å²) >= 11 is 0. The molecule has 6 heteroatoms. The molecule has 3 rings (SSSR count). The summed E-state index contributed by atoms with van der Waals surface area (Å²) in [6.07, 6.45) is 2.73. The molecule has 0 radical (unpaired) electrons. The van der Waals surface area contributed by atoms with Gasteiger partial charge in [-0.3, -0.25) is 14.5 Å². The fourth-order valence-electron chi connectivity index (χ4n) is 2.74. The van der Waals surface area contributed by atoms with Crippen LogP contribution in [0.25, 0.3) is 0 Å². The van der Waals surface area contributed by atoms with E-state index in [0.29, 0.717) is 6.61 Å². The molecule has 2 aliphatic heterocycles.